The van der Waals surface area contributed by atoms with Gasteiger partial charge in [-0.2, -0.15) is 18.4 Å². The van der Waals surface area contributed by atoms with Crippen LogP contribution in [0, 0.1) is 11.3 Å². The van der Waals surface area contributed by atoms with E-state index >= 15 is 0 Å². The smallest absolute Gasteiger partial charge is 0.416 e. The topological polar surface area (TPSA) is 58.3 Å². The van der Waals surface area contributed by atoms with Gasteiger partial charge < -0.3 is 4.74 Å². The Kier molecular flexibility index (Phi) is 3.29. The number of pyridine rings is 1. The van der Waals surface area contributed by atoms with E-state index in [0.717, 1.165) is 12.1 Å². The third kappa shape index (κ3) is 2.51. The van der Waals surface area contributed by atoms with Crippen LogP contribution in [0.15, 0.2) is 41.7 Å². The van der Waals surface area contributed by atoms with Crippen molar-refractivity contribution in [3.8, 4) is 6.07 Å². The molecule has 0 aliphatic carbocycles. The van der Waals surface area contributed by atoms with Crippen molar-refractivity contribution in [2.45, 2.75) is 12.8 Å². The number of fused-ring (bicyclic) bond motifs is 1. The molecule has 4 nitrogen and oxygen atoms in total. The summed E-state index contributed by atoms with van der Waals surface area (Å²) in [6.45, 7) is 0.0967. The van der Waals surface area contributed by atoms with Gasteiger partial charge in [-0.05, 0) is 18.2 Å². The standard InChI is InChI=1S/C15H8F3N3O/c16-15(17,18)11-2-1-9-8-22-14(21-13(9)5-11)12-3-4-20-7-10(12)6-19/h1-5,7H,8H2. The van der Waals surface area contributed by atoms with Crippen LogP contribution in [0.5, 0.6) is 0 Å². The van der Waals surface area contributed by atoms with Gasteiger partial charge >= 0.3 is 6.18 Å². The fraction of sp³-hybridized carbons (Fsp3) is 0.133. The van der Waals surface area contributed by atoms with Crippen LogP contribution in [0.2, 0.25) is 0 Å². The van der Waals surface area contributed by atoms with Gasteiger partial charge in [0.1, 0.15) is 12.7 Å². The number of nitrogens with zero attached hydrogens (tertiary/aromatic N) is 3. The van der Waals surface area contributed by atoms with Crippen LogP contribution in [0.3, 0.4) is 0 Å². The molecule has 0 N–H and O–H groups in total. The number of hydrogen-bond donors (Lipinski definition) is 0. The predicted molar refractivity (Wildman–Crippen MR) is 71.4 cm³/mol. The van der Waals surface area contributed by atoms with Crippen LogP contribution >= 0.6 is 0 Å². The highest BCUT2D eigenvalue weighted by atomic mass is 19.4. The van der Waals surface area contributed by atoms with E-state index in [2.05, 4.69) is 9.98 Å². The summed E-state index contributed by atoms with van der Waals surface area (Å²) < 4.78 is 43.7. The van der Waals surface area contributed by atoms with Crippen molar-refractivity contribution in [1.82, 2.24) is 4.98 Å². The van der Waals surface area contributed by atoms with Gasteiger partial charge in [-0.3, -0.25) is 4.98 Å². The first-order chi connectivity index (χ1) is 10.5. The van der Waals surface area contributed by atoms with E-state index in [1.54, 1.807) is 0 Å². The molecule has 3 rings (SSSR count). The average molecular weight is 303 g/mol. The van der Waals surface area contributed by atoms with Crippen LogP contribution in [0.4, 0.5) is 18.9 Å². The molecule has 1 aromatic carbocycles. The van der Waals surface area contributed by atoms with E-state index in [1.807, 2.05) is 6.07 Å². The summed E-state index contributed by atoms with van der Waals surface area (Å²) in [5.41, 5.74) is 0.629. The zero-order valence-corrected chi connectivity index (χ0v) is 11.1. The Hall–Kier alpha value is -2.88. The fourth-order valence-corrected chi connectivity index (χ4v) is 2.06. The Labute approximate surface area is 123 Å². The van der Waals surface area contributed by atoms with E-state index < -0.39 is 11.7 Å². The van der Waals surface area contributed by atoms with E-state index in [0.29, 0.717) is 11.1 Å². The minimum atomic E-state index is -4.43. The van der Waals surface area contributed by atoms with E-state index in [9.17, 15) is 13.2 Å². The fourth-order valence-electron chi connectivity index (χ4n) is 2.06. The molecule has 0 bridgehead atoms. The molecule has 0 saturated heterocycles. The molecule has 1 aliphatic heterocycles. The third-order valence-corrected chi connectivity index (χ3v) is 3.17. The van der Waals surface area contributed by atoms with Crippen molar-refractivity contribution >= 4 is 11.6 Å². The monoisotopic (exact) mass is 303 g/mol. The second-order valence-electron chi connectivity index (χ2n) is 4.58. The Morgan fingerprint density at radius 3 is 2.77 bits per heavy atom. The molecule has 0 saturated carbocycles. The molecule has 1 aliphatic rings. The van der Waals surface area contributed by atoms with Crippen LogP contribution in [0.25, 0.3) is 0 Å². The number of benzene rings is 1. The van der Waals surface area contributed by atoms with Gasteiger partial charge in [0.2, 0.25) is 5.90 Å². The SMILES string of the molecule is N#Cc1cnccc1C1=Nc2cc(C(F)(F)F)ccc2CO1. The molecule has 0 amide bonds. The largest absolute Gasteiger partial charge is 0.472 e. The summed E-state index contributed by atoms with van der Waals surface area (Å²) >= 11 is 0. The first-order valence-corrected chi connectivity index (χ1v) is 6.25. The quantitative estimate of drug-likeness (QED) is 0.809. The molecular formula is C15H8F3N3O. The van der Waals surface area contributed by atoms with Gasteiger partial charge in [-0.1, -0.05) is 6.07 Å². The lowest BCUT2D eigenvalue weighted by molar-refractivity contribution is -0.137. The van der Waals surface area contributed by atoms with Gasteiger partial charge in [0.25, 0.3) is 0 Å². The number of aromatic nitrogens is 1. The number of hydrogen-bond acceptors (Lipinski definition) is 4. The number of nitriles is 1. The Morgan fingerprint density at radius 1 is 1.23 bits per heavy atom. The highest BCUT2D eigenvalue weighted by Crippen LogP contribution is 2.35. The van der Waals surface area contributed by atoms with Crippen molar-refractivity contribution in [1.29, 1.82) is 5.26 Å². The highest BCUT2D eigenvalue weighted by Gasteiger charge is 2.31. The van der Waals surface area contributed by atoms with E-state index in [-0.39, 0.29) is 23.8 Å². The first kappa shape index (κ1) is 14.1. The summed E-state index contributed by atoms with van der Waals surface area (Å²) in [4.78, 5) is 7.93. The summed E-state index contributed by atoms with van der Waals surface area (Å²) in [5.74, 6) is 0.116. The van der Waals surface area contributed by atoms with Gasteiger partial charge in [-0.15, -0.1) is 0 Å². The molecule has 0 radical (unpaired) electrons. The van der Waals surface area contributed by atoms with Crippen molar-refractivity contribution in [2.75, 3.05) is 0 Å². The molecule has 7 heteroatoms. The van der Waals surface area contributed by atoms with E-state index in [1.165, 1.54) is 24.5 Å². The lowest BCUT2D eigenvalue weighted by Crippen LogP contribution is -2.14. The van der Waals surface area contributed by atoms with Crippen LogP contribution in [-0.4, -0.2) is 10.9 Å². The zero-order valence-electron chi connectivity index (χ0n) is 11.1. The molecule has 0 atom stereocenters. The molecule has 0 spiro atoms. The summed E-state index contributed by atoms with van der Waals surface area (Å²) in [6.07, 6.45) is -1.62. The predicted octanol–water partition coefficient (Wildman–Crippen LogP) is 3.58. The molecule has 0 unspecified atom stereocenters. The number of halogens is 3. The number of aliphatic imine (C=N–C) groups is 1. The Morgan fingerprint density at radius 2 is 2.05 bits per heavy atom. The van der Waals surface area contributed by atoms with Gasteiger partial charge in [0.15, 0.2) is 0 Å². The Balaban J connectivity index is 2.08. The molecule has 2 aromatic rings. The Bertz CT molecular complexity index is 806. The van der Waals surface area contributed by atoms with Crippen LogP contribution in [0.1, 0.15) is 22.3 Å². The third-order valence-electron chi connectivity index (χ3n) is 3.17. The maximum Gasteiger partial charge on any atom is 0.416 e. The van der Waals surface area contributed by atoms with Gasteiger partial charge in [0, 0.05) is 18.0 Å². The molecule has 2 heterocycles. The van der Waals surface area contributed by atoms with Gasteiger partial charge in [-0.25, -0.2) is 4.99 Å². The summed E-state index contributed by atoms with van der Waals surface area (Å²) in [7, 11) is 0. The molecule has 0 fully saturated rings. The first-order valence-electron chi connectivity index (χ1n) is 6.25. The molecule has 1 aromatic heterocycles. The van der Waals surface area contributed by atoms with E-state index in [4.69, 9.17) is 10.00 Å². The summed E-state index contributed by atoms with van der Waals surface area (Å²) in [5, 5.41) is 9.05. The van der Waals surface area contributed by atoms with Crippen molar-refractivity contribution in [3.05, 3.63) is 58.9 Å². The van der Waals surface area contributed by atoms with Gasteiger partial charge in [0.05, 0.1) is 22.4 Å². The average Bonchev–Trinajstić information content (AvgIpc) is 2.53. The lowest BCUT2D eigenvalue weighted by Gasteiger charge is -2.18. The molecular weight excluding hydrogens is 295 g/mol. The van der Waals surface area contributed by atoms with Crippen LogP contribution < -0.4 is 0 Å². The van der Waals surface area contributed by atoms with Crippen molar-refractivity contribution in [2.24, 2.45) is 4.99 Å². The number of ether oxygens (including phenoxy) is 1. The highest BCUT2D eigenvalue weighted by molar-refractivity contribution is 5.98. The number of rotatable bonds is 1. The molecule has 22 heavy (non-hydrogen) atoms. The molecule has 110 valence electrons. The minimum absolute atomic E-state index is 0.0967. The van der Waals surface area contributed by atoms with Crippen molar-refractivity contribution < 1.29 is 17.9 Å². The maximum absolute atomic E-state index is 12.8. The van der Waals surface area contributed by atoms with Crippen LogP contribution in [-0.2, 0) is 17.5 Å². The normalized spacial score (nSPS) is 13.6. The van der Waals surface area contributed by atoms with Crippen molar-refractivity contribution in [3.63, 3.8) is 0 Å². The second kappa shape index (κ2) is 5.15. The summed E-state index contributed by atoms with van der Waals surface area (Å²) in [6, 6.07) is 6.80. The second-order valence-corrected chi connectivity index (χ2v) is 4.58. The lowest BCUT2D eigenvalue weighted by atomic mass is 10.1. The maximum atomic E-state index is 12.8. The number of alkyl halides is 3. The zero-order chi connectivity index (χ0) is 15.7. The minimum Gasteiger partial charge on any atom is -0.472 e.